The second-order valence-electron chi connectivity index (χ2n) is 3.82. The molecule has 0 bridgehead atoms. The molecule has 0 unspecified atom stereocenters. The van der Waals surface area contributed by atoms with Crippen LogP contribution in [0.5, 0.6) is 0 Å². The number of Topliss-reactive ketones (excluding diaryl/α,β-unsaturated/α-hetero) is 1. The number of halogens is 1. The lowest BCUT2D eigenvalue weighted by molar-refractivity contribution is -0.152. The van der Waals surface area contributed by atoms with Gasteiger partial charge in [-0.3, -0.25) is 10.6 Å². The maximum Gasteiger partial charge on any atom is 0.374 e. The summed E-state index contributed by atoms with van der Waals surface area (Å²) in [4.78, 5) is 21.6. The Balaban J connectivity index is 2.70. The van der Waals surface area contributed by atoms with Crippen LogP contribution in [-0.4, -0.2) is 18.4 Å². The normalized spacial score (nSPS) is 10.0. The van der Waals surface area contributed by atoms with Crippen molar-refractivity contribution in [2.45, 2.75) is 20.3 Å². The van der Waals surface area contributed by atoms with Crippen molar-refractivity contribution in [3.63, 3.8) is 0 Å². The van der Waals surface area contributed by atoms with Crippen molar-refractivity contribution in [3.05, 3.63) is 29.1 Å². The van der Waals surface area contributed by atoms with Crippen molar-refractivity contribution >= 4 is 17.4 Å². The van der Waals surface area contributed by atoms with Crippen molar-refractivity contribution < 1.29 is 18.7 Å². The summed E-state index contributed by atoms with van der Waals surface area (Å²) in [7, 11) is 0. The molecule has 0 radical (unpaired) electrons. The van der Waals surface area contributed by atoms with Gasteiger partial charge in [0.2, 0.25) is 5.78 Å². The van der Waals surface area contributed by atoms with Crippen molar-refractivity contribution in [1.29, 1.82) is 0 Å². The molecule has 98 valence electrons. The maximum atomic E-state index is 13.3. The number of rotatable bonds is 5. The van der Waals surface area contributed by atoms with E-state index in [0.29, 0.717) is 17.7 Å². The lowest BCUT2D eigenvalue weighted by atomic mass is 10.0. The molecule has 0 heterocycles. The largest absolute Gasteiger partial charge is 0.460 e. The Morgan fingerprint density at radius 2 is 2.11 bits per heavy atom. The molecule has 0 aromatic heterocycles. The van der Waals surface area contributed by atoms with Crippen LogP contribution in [0.25, 0.3) is 0 Å². The molecule has 6 heteroatoms. The van der Waals surface area contributed by atoms with Gasteiger partial charge in [0.15, 0.2) is 0 Å². The zero-order valence-electron chi connectivity index (χ0n) is 10.2. The summed E-state index contributed by atoms with van der Waals surface area (Å²) in [5.74, 6) is 3.28. The third-order valence-electron chi connectivity index (χ3n) is 2.53. The van der Waals surface area contributed by atoms with E-state index < -0.39 is 17.6 Å². The van der Waals surface area contributed by atoms with E-state index in [2.05, 4.69) is 5.43 Å². The Morgan fingerprint density at radius 3 is 2.67 bits per heavy atom. The fraction of sp³-hybridized carbons (Fsp3) is 0.333. The Kier molecular flexibility index (Phi) is 4.79. The predicted octanol–water partition coefficient (Wildman–Crippen LogP) is 1.09. The Hall–Kier alpha value is -1.95. The highest BCUT2D eigenvalue weighted by Gasteiger charge is 2.10. The van der Waals surface area contributed by atoms with E-state index in [1.807, 2.05) is 0 Å². The number of nitrogens with two attached hydrogens (primary N) is 1. The monoisotopic (exact) mass is 254 g/mol. The lowest BCUT2D eigenvalue weighted by Crippen LogP contribution is -2.16. The van der Waals surface area contributed by atoms with Crippen LogP contribution >= 0.6 is 0 Å². The second-order valence-corrected chi connectivity index (χ2v) is 3.82. The number of hydrogen-bond donors (Lipinski definition) is 2. The number of hydrogen-bond acceptors (Lipinski definition) is 5. The zero-order chi connectivity index (χ0) is 13.7. The summed E-state index contributed by atoms with van der Waals surface area (Å²) in [5.41, 5.74) is 4.31. The number of nitrogen functional groups attached to an aromatic ring is 1. The van der Waals surface area contributed by atoms with Gasteiger partial charge < -0.3 is 10.2 Å². The first-order chi connectivity index (χ1) is 8.45. The van der Waals surface area contributed by atoms with Gasteiger partial charge in [-0.2, -0.15) is 0 Å². The van der Waals surface area contributed by atoms with Crippen LogP contribution in [0, 0.1) is 12.7 Å². The minimum absolute atomic E-state index is 0.0206. The van der Waals surface area contributed by atoms with Gasteiger partial charge in [0.1, 0.15) is 5.82 Å². The molecule has 3 N–H and O–H groups in total. The third kappa shape index (κ3) is 3.53. The molecule has 0 saturated heterocycles. The first-order valence-electron chi connectivity index (χ1n) is 5.39. The summed E-state index contributed by atoms with van der Waals surface area (Å²) in [5, 5.41) is 0. The van der Waals surface area contributed by atoms with Crippen LogP contribution in [0.3, 0.4) is 0 Å². The number of carbonyl (C=O) groups is 2. The summed E-state index contributed by atoms with van der Waals surface area (Å²) < 4.78 is 18.0. The lowest BCUT2D eigenvalue weighted by Gasteiger charge is -2.11. The van der Waals surface area contributed by atoms with Gasteiger partial charge in [-0.15, -0.1) is 0 Å². The van der Waals surface area contributed by atoms with Crippen LogP contribution < -0.4 is 11.3 Å². The van der Waals surface area contributed by atoms with Gasteiger partial charge in [0.25, 0.3) is 0 Å². The summed E-state index contributed by atoms with van der Waals surface area (Å²) in [6.07, 6.45) is 0.317. The molecule has 0 atom stereocenters. The number of ether oxygens (including phenoxy) is 1. The highest BCUT2D eigenvalue weighted by Crippen LogP contribution is 2.20. The number of ketones is 1. The van der Waals surface area contributed by atoms with Crippen molar-refractivity contribution in [2.75, 3.05) is 12.0 Å². The van der Waals surface area contributed by atoms with Crippen LogP contribution in [0.1, 0.15) is 18.1 Å². The van der Waals surface area contributed by atoms with Crippen LogP contribution in [0.15, 0.2) is 12.1 Å². The molecule has 0 spiro atoms. The van der Waals surface area contributed by atoms with Gasteiger partial charge >= 0.3 is 5.97 Å². The van der Waals surface area contributed by atoms with E-state index in [4.69, 9.17) is 10.6 Å². The number of esters is 1. The van der Waals surface area contributed by atoms with Crippen molar-refractivity contribution in [2.24, 2.45) is 5.84 Å². The quantitative estimate of drug-likeness (QED) is 0.356. The number of nitrogens with one attached hydrogen (secondary N) is 1. The number of hydrazine groups is 1. The van der Waals surface area contributed by atoms with E-state index in [9.17, 15) is 14.0 Å². The van der Waals surface area contributed by atoms with E-state index in [0.717, 1.165) is 12.5 Å². The topological polar surface area (TPSA) is 81.4 Å². The number of carbonyl (C=O) groups excluding carboxylic acids is 2. The minimum Gasteiger partial charge on any atom is -0.460 e. The van der Waals surface area contributed by atoms with Crippen molar-refractivity contribution in [3.8, 4) is 0 Å². The fourth-order valence-electron chi connectivity index (χ4n) is 1.50. The third-order valence-corrected chi connectivity index (χ3v) is 2.53. The molecule has 0 aliphatic heterocycles. The Morgan fingerprint density at radius 1 is 1.44 bits per heavy atom. The molecule has 5 nitrogen and oxygen atoms in total. The molecule has 1 aromatic carbocycles. The zero-order valence-corrected chi connectivity index (χ0v) is 10.2. The Bertz CT molecular complexity index is 475. The van der Waals surface area contributed by atoms with E-state index in [-0.39, 0.29) is 6.61 Å². The van der Waals surface area contributed by atoms with Crippen LogP contribution in [0.2, 0.25) is 0 Å². The number of anilines is 1. The van der Waals surface area contributed by atoms with Crippen LogP contribution in [-0.2, 0) is 20.7 Å². The molecular weight excluding hydrogens is 239 g/mol. The fourth-order valence-corrected chi connectivity index (χ4v) is 1.50. The van der Waals surface area contributed by atoms with Gasteiger partial charge in [0.05, 0.1) is 12.3 Å². The summed E-state index contributed by atoms with van der Waals surface area (Å²) in [6.45, 7) is 2.93. The number of benzene rings is 1. The highest BCUT2D eigenvalue weighted by molar-refractivity contribution is 6.32. The molecule has 0 aliphatic rings. The molecule has 0 fully saturated rings. The first kappa shape index (κ1) is 14.1. The van der Waals surface area contributed by atoms with E-state index in [1.165, 1.54) is 12.1 Å². The molecular formula is C12H15FN2O3. The van der Waals surface area contributed by atoms with E-state index >= 15 is 0 Å². The van der Waals surface area contributed by atoms with E-state index in [1.54, 1.807) is 6.92 Å². The van der Waals surface area contributed by atoms with Gasteiger partial charge in [0, 0.05) is 13.3 Å². The van der Waals surface area contributed by atoms with Gasteiger partial charge in [-0.05, 0) is 30.2 Å². The first-order valence-corrected chi connectivity index (χ1v) is 5.39. The second kappa shape index (κ2) is 6.11. The average molecular weight is 254 g/mol. The smallest absolute Gasteiger partial charge is 0.374 e. The van der Waals surface area contributed by atoms with Gasteiger partial charge in [-0.25, -0.2) is 9.18 Å². The highest BCUT2D eigenvalue weighted by atomic mass is 19.1. The molecule has 1 rings (SSSR count). The Labute approximate surface area is 104 Å². The minimum atomic E-state index is -0.888. The SMILES string of the molecule is CC(=O)C(=O)OCCc1cc(F)cc(NN)c1C. The molecule has 0 saturated carbocycles. The standard InChI is InChI=1S/C12H15FN2O3/c1-7-9(3-4-18-12(17)8(2)16)5-10(13)6-11(7)15-14/h5-6,15H,3-4,14H2,1-2H3. The molecule has 0 amide bonds. The predicted molar refractivity (Wildman–Crippen MR) is 64.3 cm³/mol. The summed E-state index contributed by atoms with van der Waals surface area (Å²) >= 11 is 0. The van der Waals surface area contributed by atoms with Gasteiger partial charge in [-0.1, -0.05) is 0 Å². The molecule has 18 heavy (non-hydrogen) atoms. The molecule has 1 aromatic rings. The van der Waals surface area contributed by atoms with Crippen LogP contribution in [0.4, 0.5) is 10.1 Å². The summed E-state index contributed by atoms with van der Waals surface area (Å²) in [6, 6.07) is 2.62. The molecule has 0 aliphatic carbocycles. The van der Waals surface area contributed by atoms with Crippen molar-refractivity contribution in [1.82, 2.24) is 0 Å². The average Bonchev–Trinajstić information content (AvgIpc) is 2.32. The maximum absolute atomic E-state index is 13.3.